The lowest BCUT2D eigenvalue weighted by Gasteiger charge is -2.36. The van der Waals surface area contributed by atoms with Crippen LogP contribution in [0, 0.1) is 5.92 Å². The van der Waals surface area contributed by atoms with Crippen molar-refractivity contribution < 1.29 is 4.79 Å². The van der Waals surface area contributed by atoms with Gasteiger partial charge in [0.1, 0.15) is 0 Å². The fourth-order valence-corrected chi connectivity index (χ4v) is 3.66. The van der Waals surface area contributed by atoms with Crippen molar-refractivity contribution >= 4 is 11.6 Å². The van der Waals surface area contributed by atoms with Crippen molar-refractivity contribution in [3.8, 4) is 0 Å². The minimum Gasteiger partial charge on any atom is -0.315 e. The number of nitrogens with zero attached hydrogens (tertiary/aromatic N) is 1. The van der Waals surface area contributed by atoms with Crippen LogP contribution in [-0.2, 0) is 4.79 Å². The number of fused-ring (bicyclic) bond motifs is 1. The predicted octanol–water partition coefficient (Wildman–Crippen LogP) is 3.26. The number of rotatable bonds is 2. The first-order valence-electron chi connectivity index (χ1n) is 7.76. The number of carbonyl (C=O) groups is 1. The summed E-state index contributed by atoms with van der Waals surface area (Å²) in [5.41, 5.74) is 2.33. The Bertz CT molecular complexity index is 500. The molecule has 20 heavy (non-hydrogen) atoms. The highest BCUT2D eigenvalue weighted by Crippen LogP contribution is 2.35. The first-order valence-corrected chi connectivity index (χ1v) is 7.76. The average Bonchev–Trinajstić information content (AvgIpc) is 2.45. The molecular formula is C17H24N2O. The van der Waals surface area contributed by atoms with Crippen LogP contribution in [0.5, 0.6) is 0 Å². The van der Waals surface area contributed by atoms with E-state index in [9.17, 15) is 4.79 Å². The number of carbonyl (C=O) groups excluding carboxylic acids is 1. The van der Waals surface area contributed by atoms with E-state index in [4.69, 9.17) is 0 Å². The molecule has 3 rings (SSSR count). The second-order valence-electron chi connectivity index (χ2n) is 6.40. The molecule has 1 saturated carbocycles. The summed E-state index contributed by atoms with van der Waals surface area (Å²) in [5, 5.41) is 3.75. The van der Waals surface area contributed by atoms with E-state index in [0.717, 1.165) is 11.6 Å². The van der Waals surface area contributed by atoms with Crippen LogP contribution in [-0.4, -0.2) is 19.0 Å². The van der Waals surface area contributed by atoms with Crippen LogP contribution in [0.25, 0.3) is 0 Å². The number of hydrogen-bond donors (Lipinski definition) is 1. The number of hydrogen-bond acceptors (Lipinski definition) is 2. The van der Waals surface area contributed by atoms with Crippen molar-refractivity contribution in [2.45, 2.75) is 51.1 Å². The highest BCUT2D eigenvalue weighted by atomic mass is 16.2. The highest BCUT2D eigenvalue weighted by molar-refractivity contribution is 5.96. The summed E-state index contributed by atoms with van der Waals surface area (Å²) in [5.74, 6) is 1.02. The lowest BCUT2D eigenvalue weighted by molar-refractivity contribution is -0.119. The molecule has 1 heterocycles. The van der Waals surface area contributed by atoms with Gasteiger partial charge in [-0.2, -0.15) is 0 Å². The van der Waals surface area contributed by atoms with Crippen LogP contribution >= 0.6 is 0 Å². The molecule has 1 aliphatic heterocycles. The van der Waals surface area contributed by atoms with Gasteiger partial charge in [-0.3, -0.25) is 4.79 Å². The third-order valence-electron chi connectivity index (χ3n) is 4.80. The van der Waals surface area contributed by atoms with Gasteiger partial charge in [0.15, 0.2) is 0 Å². The monoisotopic (exact) mass is 272 g/mol. The molecule has 3 heteroatoms. The molecule has 1 N–H and O–H groups in total. The summed E-state index contributed by atoms with van der Waals surface area (Å²) in [6.45, 7) is 2.33. The van der Waals surface area contributed by atoms with E-state index in [0.29, 0.717) is 12.5 Å². The summed E-state index contributed by atoms with van der Waals surface area (Å²) < 4.78 is 0. The van der Waals surface area contributed by atoms with Gasteiger partial charge < -0.3 is 10.2 Å². The normalized spacial score (nSPS) is 30.2. The SMILES string of the molecule is CC1CCCC(NC2CC(=O)N(C)c3ccccc32)C1. The molecule has 3 atom stereocenters. The van der Waals surface area contributed by atoms with E-state index < -0.39 is 0 Å². The van der Waals surface area contributed by atoms with Gasteiger partial charge in [-0.15, -0.1) is 0 Å². The fraction of sp³-hybridized carbons (Fsp3) is 0.588. The van der Waals surface area contributed by atoms with Crippen LogP contribution in [0.3, 0.4) is 0 Å². The van der Waals surface area contributed by atoms with E-state index in [2.05, 4.69) is 24.4 Å². The highest BCUT2D eigenvalue weighted by Gasteiger charge is 2.31. The largest absolute Gasteiger partial charge is 0.315 e. The van der Waals surface area contributed by atoms with Gasteiger partial charge in [0.2, 0.25) is 5.91 Å². The van der Waals surface area contributed by atoms with E-state index in [-0.39, 0.29) is 11.9 Å². The number of benzene rings is 1. The van der Waals surface area contributed by atoms with Crippen LogP contribution in [0.1, 0.15) is 50.6 Å². The van der Waals surface area contributed by atoms with Crippen molar-refractivity contribution in [3.63, 3.8) is 0 Å². The van der Waals surface area contributed by atoms with Crippen LogP contribution in [0.4, 0.5) is 5.69 Å². The van der Waals surface area contributed by atoms with Crippen molar-refractivity contribution in [1.82, 2.24) is 5.32 Å². The lowest BCUT2D eigenvalue weighted by atomic mass is 9.85. The Morgan fingerprint density at radius 1 is 1.25 bits per heavy atom. The van der Waals surface area contributed by atoms with Crippen molar-refractivity contribution in [3.05, 3.63) is 29.8 Å². The van der Waals surface area contributed by atoms with Gasteiger partial charge in [-0.1, -0.05) is 38.0 Å². The maximum Gasteiger partial charge on any atom is 0.228 e. The fourth-order valence-electron chi connectivity index (χ4n) is 3.66. The number of anilines is 1. The first-order chi connectivity index (χ1) is 9.65. The Morgan fingerprint density at radius 3 is 2.85 bits per heavy atom. The second-order valence-corrected chi connectivity index (χ2v) is 6.40. The van der Waals surface area contributed by atoms with Gasteiger partial charge in [0.05, 0.1) is 0 Å². The van der Waals surface area contributed by atoms with Crippen molar-refractivity contribution in [2.75, 3.05) is 11.9 Å². The van der Waals surface area contributed by atoms with Crippen LogP contribution in [0.15, 0.2) is 24.3 Å². The van der Waals surface area contributed by atoms with Gasteiger partial charge in [-0.25, -0.2) is 0 Å². The minimum atomic E-state index is 0.185. The van der Waals surface area contributed by atoms with E-state index in [1.165, 1.54) is 31.2 Å². The van der Waals surface area contributed by atoms with Crippen molar-refractivity contribution in [2.24, 2.45) is 5.92 Å². The molecular weight excluding hydrogens is 248 g/mol. The molecule has 1 aliphatic carbocycles. The van der Waals surface area contributed by atoms with Crippen LogP contribution < -0.4 is 10.2 Å². The summed E-state index contributed by atoms with van der Waals surface area (Å²) >= 11 is 0. The Labute approximate surface area is 121 Å². The van der Waals surface area contributed by atoms with Gasteiger partial charge in [0.25, 0.3) is 0 Å². The molecule has 0 radical (unpaired) electrons. The van der Waals surface area contributed by atoms with E-state index >= 15 is 0 Å². The molecule has 1 aromatic carbocycles. The quantitative estimate of drug-likeness (QED) is 0.896. The molecule has 108 valence electrons. The molecule has 3 unspecified atom stereocenters. The number of nitrogens with one attached hydrogen (secondary N) is 1. The molecule has 2 aliphatic rings. The molecule has 0 bridgehead atoms. The summed E-state index contributed by atoms with van der Waals surface area (Å²) in [4.78, 5) is 13.9. The predicted molar refractivity (Wildman–Crippen MR) is 81.8 cm³/mol. The third kappa shape index (κ3) is 2.59. The Morgan fingerprint density at radius 2 is 2.05 bits per heavy atom. The standard InChI is InChI=1S/C17H24N2O/c1-12-6-5-7-13(10-12)18-15-11-17(20)19(2)16-9-4-3-8-14(15)16/h3-4,8-9,12-13,15,18H,5-7,10-11H2,1-2H3. The maximum absolute atomic E-state index is 12.2. The van der Waals surface area contributed by atoms with E-state index in [1.807, 2.05) is 19.2 Å². The molecule has 1 amide bonds. The zero-order valence-electron chi connectivity index (χ0n) is 12.4. The molecule has 1 fully saturated rings. The smallest absolute Gasteiger partial charge is 0.228 e. The van der Waals surface area contributed by atoms with Gasteiger partial charge >= 0.3 is 0 Å². The van der Waals surface area contributed by atoms with Crippen LogP contribution in [0.2, 0.25) is 0 Å². The average molecular weight is 272 g/mol. The molecule has 3 nitrogen and oxygen atoms in total. The Balaban J connectivity index is 1.79. The molecule has 0 aromatic heterocycles. The summed E-state index contributed by atoms with van der Waals surface area (Å²) in [7, 11) is 1.88. The van der Waals surface area contributed by atoms with E-state index in [1.54, 1.807) is 4.90 Å². The third-order valence-corrected chi connectivity index (χ3v) is 4.80. The zero-order chi connectivity index (χ0) is 14.1. The lowest BCUT2D eigenvalue weighted by Crippen LogP contribution is -2.42. The van der Waals surface area contributed by atoms with Crippen molar-refractivity contribution in [1.29, 1.82) is 0 Å². The Hall–Kier alpha value is -1.35. The zero-order valence-corrected chi connectivity index (χ0v) is 12.4. The molecule has 0 saturated heterocycles. The number of amides is 1. The topological polar surface area (TPSA) is 32.3 Å². The van der Waals surface area contributed by atoms with Gasteiger partial charge in [0, 0.05) is 31.2 Å². The summed E-state index contributed by atoms with van der Waals surface area (Å²) in [6.07, 6.45) is 5.72. The Kier molecular flexibility index (Phi) is 3.79. The molecule has 0 spiro atoms. The first kappa shape index (κ1) is 13.6. The minimum absolute atomic E-state index is 0.185. The summed E-state index contributed by atoms with van der Waals surface area (Å²) in [6, 6.07) is 9.03. The maximum atomic E-state index is 12.2. The molecule has 1 aromatic rings. The number of para-hydroxylation sites is 1. The van der Waals surface area contributed by atoms with Gasteiger partial charge in [-0.05, 0) is 30.4 Å². The second kappa shape index (κ2) is 5.57.